The second kappa shape index (κ2) is 14.8. The van der Waals surface area contributed by atoms with Crippen molar-refractivity contribution in [1.82, 2.24) is 0 Å². The van der Waals surface area contributed by atoms with Crippen LogP contribution in [0.2, 0.25) is 0 Å². The van der Waals surface area contributed by atoms with Crippen LogP contribution in [0.1, 0.15) is 83.9 Å². The first-order chi connectivity index (χ1) is 19.0. The van der Waals surface area contributed by atoms with E-state index in [4.69, 9.17) is 0 Å². The van der Waals surface area contributed by atoms with Gasteiger partial charge in [0.1, 0.15) is 0 Å². The van der Waals surface area contributed by atoms with Crippen molar-refractivity contribution in [3.8, 4) is 0 Å². The van der Waals surface area contributed by atoms with Crippen LogP contribution < -0.4 is 0 Å². The Kier molecular flexibility index (Phi) is 11.8. The van der Waals surface area contributed by atoms with Gasteiger partial charge in [-0.05, 0) is 10.8 Å². The summed E-state index contributed by atoms with van der Waals surface area (Å²) in [6.45, 7) is 17.4. The summed E-state index contributed by atoms with van der Waals surface area (Å²) in [5.41, 5.74) is 4.66. The van der Waals surface area contributed by atoms with Crippen molar-refractivity contribution >= 4 is 24.8 Å². The molecule has 0 nitrogen and oxygen atoms in total. The van der Waals surface area contributed by atoms with Gasteiger partial charge in [-0.15, -0.1) is 39.7 Å². The van der Waals surface area contributed by atoms with E-state index in [0.717, 1.165) is 6.42 Å². The number of hydrogen-bond acceptors (Lipinski definition) is 0. The van der Waals surface area contributed by atoms with Crippen molar-refractivity contribution in [2.45, 2.75) is 78.1 Å². The molecule has 0 aliphatic heterocycles. The van der Waals surface area contributed by atoms with Gasteiger partial charge in [-0.25, -0.2) is 12.1 Å². The molecule has 40 heavy (non-hydrogen) atoms. The Morgan fingerprint density at radius 1 is 0.725 bits per heavy atom. The Morgan fingerprint density at radius 3 is 1.68 bits per heavy atom. The molecule has 206 valence electrons. The van der Waals surface area contributed by atoms with Crippen LogP contribution >= 0.6 is 0 Å². The van der Waals surface area contributed by atoms with Crippen molar-refractivity contribution in [2.24, 2.45) is 0 Å². The molecule has 5 rings (SSSR count). The van der Waals surface area contributed by atoms with E-state index in [0.29, 0.717) is 0 Å². The fourth-order valence-corrected chi connectivity index (χ4v) is 5.88. The molecule has 0 unspecified atom stereocenters. The van der Waals surface area contributed by atoms with Crippen LogP contribution in [0.5, 0.6) is 0 Å². The summed E-state index contributed by atoms with van der Waals surface area (Å²) in [7, 11) is 0. The van der Waals surface area contributed by atoms with Gasteiger partial charge in [-0.3, -0.25) is 0 Å². The summed E-state index contributed by atoms with van der Waals surface area (Å²) < 4.78 is 1.63. The minimum Gasteiger partial charge on any atom is -0.214 e. The predicted molar refractivity (Wildman–Crippen MR) is 176 cm³/mol. The molecule has 1 heteroatoms. The van der Waals surface area contributed by atoms with Crippen LogP contribution in [0.4, 0.5) is 0 Å². The Labute approximate surface area is 257 Å². The first kappa shape index (κ1) is 31.9. The molecule has 5 aromatic carbocycles. The largest absolute Gasteiger partial charge is 0.214 e. The molecular weight excluding hydrogens is 647 g/mol. The minimum atomic E-state index is 0.203. The van der Waals surface area contributed by atoms with E-state index in [1.165, 1.54) is 81.4 Å². The molecule has 0 aromatic heterocycles. The molecule has 0 aliphatic carbocycles. The molecule has 0 saturated carbocycles. The molecule has 0 radical (unpaired) electrons. The minimum absolute atomic E-state index is 0.203. The summed E-state index contributed by atoms with van der Waals surface area (Å²) in [6, 6.07) is 36.9. The van der Waals surface area contributed by atoms with Gasteiger partial charge in [0.2, 0.25) is 0 Å². The van der Waals surface area contributed by atoms with Gasteiger partial charge in [0.15, 0.2) is 0 Å². The number of benzene rings is 3. The second-order valence-electron chi connectivity index (χ2n) is 12.6. The summed E-state index contributed by atoms with van der Waals surface area (Å²) >= 11 is 1.19. The Morgan fingerprint density at radius 2 is 1.25 bits per heavy atom. The van der Waals surface area contributed by atoms with E-state index in [2.05, 4.69) is 121 Å². The Bertz CT molecular complexity index is 1380. The van der Waals surface area contributed by atoms with E-state index >= 15 is 0 Å². The monoisotopic (exact) mass is 694 g/mol. The summed E-state index contributed by atoms with van der Waals surface area (Å²) in [4.78, 5) is 0. The number of fused-ring (bicyclic) bond motifs is 3. The smallest absolute Gasteiger partial charge is 0.0202 e. The molecular formula is C39H46Hf. The van der Waals surface area contributed by atoms with Crippen molar-refractivity contribution in [2.75, 3.05) is 0 Å². The van der Waals surface area contributed by atoms with Gasteiger partial charge >= 0.3 is 101 Å². The molecule has 0 fully saturated rings. The molecule has 0 saturated heterocycles. The maximum absolute atomic E-state index is 3.74. The molecule has 0 bridgehead atoms. The van der Waals surface area contributed by atoms with Crippen LogP contribution in [0, 0.1) is 0 Å². The number of rotatable bonds is 6. The van der Waals surface area contributed by atoms with Crippen LogP contribution in [0.3, 0.4) is 0 Å². The first-order valence-electron chi connectivity index (χ1n) is 14.6. The molecule has 0 aliphatic rings. The normalized spacial score (nSPS) is 11.4. The van der Waals surface area contributed by atoms with E-state index in [-0.39, 0.29) is 10.8 Å². The fraction of sp³-hybridized carbons (Fsp3) is 0.308. The third kappa shape index (κ3) is 9.48. The molecule has 0 amide bonds. The van der Waals surface area contributed by atoms with Crippen molar-refractivity contribution < 1.29 is 23.9 Å². The van der Waals surface area contributed by atoms with Gasteiger partial charge in [-0.1, -0.05) is 76.9 Å². The van der Waals surface area contributed by atoms with Gasteiger partial charge in [-0.2, -0.15) is 18.2 Å². The quantitative estimate of drug-likeness (QED) is 0.0719. The van der Waals surface area contributed by atoms with Crippen LogP contribution in [-0.4, -0.2) is 3.26 Å². The topological polar surface area (TPSA) is 0 Å². The summed E-state index contributed by atoms with van der Waals surface area (Å²) in [5.74, 6) is 0. The Balaban J connectivity index is 0.000000199. The van der Waals surface area contributed by atoms with Crippen LogP contribution in [-0.2, 0) is 34.7 Å². The fourth-order valence-electron chi connectivity index (χ4n) is 4.65. The zero-order chi connectivity index (χ0) is 29.2. The average Bonchev–Trinajstić information content (AvgIpc) is 3.62. The zero-order valence-corrected chi connectivity index (χ0v) is 29.0. The summed E-state index contributed by atoms with van der Waals surface area (Å²) in [6.07, 6.45) is 7.02. The maximum Gasteiger partial charge on any atom is -0.0202 e. The molecule has 0 atom stereocenters. The van der Waals surface area contributed by atoms with Crippen molar-refractivity contribution in [3.05, 3.63) is 132 Å². The second-order valence-corrected chi connectivity index (χ2v) is 14.8. The number of unbranched alkanes of at least 4 members (excludes halogenated alkanes) is 2. The van der Waals surface area contributed by atoms with Crippen LogP contribution in [0.25, 0.3) is 21.5 Å². The summed E-state index contributed by atoms with van der Waals surface area (Å²) in [5, 5.41) is 5.48. The van der Waals surface area contributed by atoms with E-state index < -0.39 is 0 Å². The zero-order valence-electron chi connectivity index (χ0n) is 25.4. The number of allylic oxidation sites excluding steroid dienone is 1. The molecule has 0 spiro atoms. The molecule has 0 N–H and O–H groups in total. The van der Waals surface area contributed by atoms with Gasteiger partial charge < -0.3 is 0 Å². The Hall–Kier alpha value is -2.64. The van der Waals surface area contributed by atoms with E-state index in [1.54, 1.807) is 3.26 Å². The average molecular weight is 693 g/mol. The van der Waals surface area contributed by atoms with E-state index in [9.17, 15) is 0 Å². The van der Waals surface area contributed by atoms with Crippen molar-refractivity contribution in [3.63, 3.8) is 0 Å². The van der Waals surface area contributed by atoms with E-state index in [1.807, 2.05) is 36.4 Å². The third-order valence-corrected chi connectivity index (χ3v) is 9.13. The SMILES string of the molecule is C=CCCCC[C](=[Hf+2])c1ccccc1.CC(C)(C)c1ccc2c(c1)[cH-]c1cc(C(C)(C)C)ccc12.c1cc[cH-]c1. The standard InChI is InChI=1S/C21H25.C13H16.C5H5.Hf/c1-20(2,3)16-7-9-18-14(12-16)11-15-13-17(21(4,5)6)8-10-19(15)18;1-2-3-4-5-7-10-13-11-8-6-9-12-13;1-2-4-5-3-1;/h7-13H,1-6H3;2,6,8-9,11-12H,1,3-5,7H2;1-5H;/q-1;;-1;+2. The van der Waals surface area contributed by atoms with Crippen LogP contribution in [0.15, 0.2) is 116 Å². The molecule has 5 aromatic rings. The first-order valence-corrected chi connectivity index (χ1v) is 16.3. The van der Waals surface area contributed by atoms with Crippen molar-refractivity contribution in [1.29, 1.82) is 0 Å². The van der Waals surface area contributed by atoms with Gasteiger partial charge in [0.25, 0.3) is 0 Å². The van der Waals surface area contributed by atoms with Gasteiger partial charge in [0.05, 0.1) is 0 Å². The third-order valence-electron chi connectivity index (χ3n) is 7.20. The maximum atomic E-state index is 3.74. The molecule has 0 heterocycles. The predicted octanol–water partition coefficient (Wildman–Crippen LogP) is 11.2. The number of hydrogen-bond donors (Lipinski definition) is 0. The van der Waals surface area contributed by atoms with Gasteiger partial charge in [0, 0.05) is 0 Å².